The molecular weight excluding hydrogens is 334 g/mol. The molecule has 1 heterocycles. The Labute approximate surface area is 152 Å². The highest BCUT2D eigenvalue weighted by atomic mass is 32.2. The lowest BCUT2D eigenvalue weighted by Gasteiger charge is -2.10. The van der Waals surface area contributed by atoms with Gasteiger partial charge < -0.3 is 9.47 Å². The first-order chi connectivity index (χ1) is 12.3. The highest BCUT2D eigenvalue weighted by Crippen LogP contribution is 2.28. The summed E-state index contributed by atoms with van der Waals surface area (Å²) in [4.78, 5) is 0. The summed E-state index contributed by atoms with van der Waals surface area (Å²) in [5, 5.41) is 9.68. The molecule has 3 aromatic rings. The number of hydrogen-bond donors (Lipinski definition) is 0. The van der Waals surface area contributed by atoms with Gasteiger partial charge in [-0.1, -0.05) is 30.0 Å². The summed E-state index contributed by atoms with van der Waals surface area (Å²) in [5.74, 6) is 2.47. The van der Waals surface area contributed by atoms with Crippen LogP contribution < -0.4 is 4.74 Å². The summed E-state index contributed by atoms with van der Waals surface area (Å²) in [6, 6.07) is 18.0. The molecule has 1 aromatic heterocycles. The zero-order chi connectivity index (χ0) is 17.5. The lowest BCUT2D eigenvalue weighted by atomic mass is 10.2. The second-order valence-corrected chi connectivity index (χ2v) is 6.31. The number of benzene rings is 2. The summed E-state index contributed by atoms with van der Waals surface area (Å²) in [7, 11) is 1.66. The molecular formula is C19H21N3O2S. The summed E-state index contributed by atoms with van der Waals surface area (Å²) < 4.78 is 12.7. The monoisotopic (exact) mass is 355 g/mol. The maximum Gasteiger partial charge on any atom is 0.196 e. The summed E-state index contributed by atoms with van der Waals surface area (Å²) >= 11 is 1.64. The molecule has 2 aromatic carbocycles. The highest BCUT2D eigenvalue weighted by molar-refractivity contribution is 7.99. The van der Waals surface area contributed by atoms with Crippen LogP contribution in [0, 0.1) is 0 Å². The van der Waals surface area contributed by atoms with Crippen molar-refractivity contribution in [2.24, 2.45) is 0 Å². The van der Waals surface area contributed by atoms with Gasteiger partial charge in [-0.15, -0.1) is 10.2 Å². The number of para-hydroxylation sites is 1. The topological polar surface area (TPSA) is 49.2 Å². The van der Waals surface area contributed by atoms with Crippen LogP contribution in [0.2, 0.25) is 0 Å². The van der Waals surface area contributed by atoms with Crippen LogP contribution in [0.4, 0.5) is 0 Å². The molecule has 0 amide bonds. The fourth-order valence-corrected chi connectivity index (χ4v) is 3.24. The van der Waals surface area contributed by atoms with Crippen molar-refractivity contribution in [3.8, 4) is 22.8 Å². The first kappa shape index (κ1) is 17.5. The predicted octanol–water partition coefficient (Wildman–Crippen LogP) is 4.07. The van der Waals surface area contributed by atoms with Crippen molar-refractivity contribution < 1.29 is 9.47 Å². The van der Waals surface area contributed by atoms with Crippen LogP contribution in [0.15, 0.2) is 59.8 Å². The molecule has 3 rings (SSSR count). The Morgan fingerprint density at radius 3 is 2.44 bits per heavy atom. The third-order valence-corrected chi connectivity index (χ3v) is 4.55. The van der Waals surface area contributed by atoms with Gasteiger partial charge in [-0.3, -0.25) is 4.57 Å². The van der Waals surface area contributed by atoms with E-state index in [1.165, 1.54) is 0 Å². The molecule has 0 saturated heterocycles. The van der Waals surface area contributed by atoms with Crippen LogP contribution in [0.5, 0.6) is 5.75 Å². The zero-order valence-corrected chi connectivity index (χ0v) is 15.2. The van der Waals surface area contributed by atoms with Crippen molar-refractivity contribution in [3.05, 3.63) is 54.6 Å². The van der Waals surface area contributed by atoms with Crippen LogP contribution >= 0.6 is 11.8 Å². The zero-order valence-electron chi connectivity index (χ0n) is 14.4. The van der Waals surface area contributed by atoms with Gasteiger partial charge in [-0.2, -0.15) is 0 Å². The van der Waals surface area contributed by atoms with Crippen LogP contribution in [-0.4, -0.2) is 40.8 Å². The molecule has 0 N–H and O–H groups in total. The van der Waals surface area contributed by atoms with Crippen LogP contribution in [-0.2, 0) is 4.74 Å². The molecule has 6 heteroatoms. The van der Waals surface area contributed by atoms with Gasteiger partial charge in [0.2, 0.25) is 0 Å². The lowest BCUT2D eigenvalue weighted by molar-refractivity contribution is 0.164. The van der Waals surface area contributed by atoms with Crippen molar-refractivity contribution in [2.45, 2.75) is 12.1 Å². The van der Waals surface area contributed by atoms with E-state index in [9.17, 15) is 0 Å². The van der Waals surface area contributed by atoms with Gasteiger partial charge in [-0.05, 0) is 43.3 Å². The Bertz CT molecular complexity index is 788. The molecule has 25 heavy (non-hydrogen) atoms. The minimum absolute atomic E-state index is 0.695. The highest BCUT2D eigenvalue weighted by Gasteiger charge is 2.16. The van der Waals surface area contributed by atoms with Gasteiger partial charge >= 0.3 is 0 Å². The maximum absolute atomic E-state index is 5.43. The fraction of sp³-hybridized carbons (Fsp3) is 0.263. The van der Waals surface area contributed by atoms with Gasteiger partial charge in [0.05, 0.1) is 13.7 Å². The summed E-state index contributed by atoms with van der Waals surface area (Å²) in [6.07, 6.45) is 0. The van der Waals surface area contributed by atoms with E-state index in [0.717, 1.165) is 40.3 Å². The summed E-state index contributed by atoms with van der Waals surface area (Å²) in [5.41, 5.74) is 2.03. The van der Waals surface area contributed by atoms with Crippen LogP contribution in [0.3, 0.4) is 0 Å². The van der Waals surface area contributed by atoms with Gasteiger partial charge in [-0.25, -0.2) is 0 Å². The van der Waals surface area contributed by atoms with Crippen molar-refractivity contribution in [1.29, 1.82) is 0 Å². The second-order valence-electron chi connectivity index (χ2n) is 5.25. The van der Waals surface area contributed by atoms with Gasteiger partial charge in [0.15, 0.2) is 11.0 Å². The maximum atomic E-state index is 5.43. The predicted molar refractivity (Wildman–Crippen MR) is 101 cm³/mol. The molecule has 0 aliphatic carbocycles. The molecule has 0 spiro atoms. The molecule has 0 atom stereocenters. The van der Waals surface area contributed by atoms with Crippen molar-refractivity contribution in [3.63, 3.8) is 0 Å². The van der Waals surface area contributed by atoms with E-state index in [0.29, 0.717) is 6.61 Å². The quantitative estimate of drug-likeness (QED) is 0.450. The molecule has 0 bridgehead atoms. The number of rotatable bonds is 8. The van der Waals surface area contributed by atoms with Crippen LogP contribution in [0.1, 0.15) is 6.92 Å². The lowest BCUT2D eigenvalue weighted by Crippen LogP contribution is -2.02. The molecule has 0 aliphatic heterocycles. The fourth-order valence-electron chi connectivity index (χ4n) is 2.44. The van der Waals surface area contributed by atoms with Crippen molar-refractivity contribution >= 4 is 11.8 Å². The van der Waals surface area contributed by atoms with Crippen molar-refractivity contribution in [2.75, 3.05) is 26.1 Å². The Kier molecular flexibility index (Phi) is 6.09. The number of ether oxygens (including phenoxy) is 2. The van der Waals surface area contributed by atoms with Gasteiger partial charge in [0, 0.05) is 23.6 Å². The Balaban J connectivity index is 1.95. The normalized spacial score (nSPS) is 10.8. The number of nitrogens with zero attached hydrogens (tertiary/aromatic N) is 3. The molecule has 0 radical (unpaired) electrons. The standard InChI is InChI=1S/C19H21N3O2S/c1-3-24-13-14-25-19-21-20-18(15-9-11-17(23-2)12-10-15)22(19)16-7-5-4-6-8-16/h4-12H,3,13-14H2,1-2H3. The summed E-state index contributed by atoms with van der Waals surface area (Å²) in [6.45, 7) is 3.42. The van der Waals surface area contributed by atoms with E-state index >= 15 is 0 Å². The third-order valence-electron chi connectivity index (χ3n) is 3.66. The molecule has 0 fully saturated rings. The van der Waals surface area contributed by atoms with Crippen molar-refractivity contribution in [1.82, 2.24) is 14.8 Å². The largest absolute Gasteiger partial charge is 0.497 e. The first-order valence-corrected chi connectivity index (χ1v) is 9.18. The average molecular weight is 355 g/mol. The Morgan fingerprint density at radius 2 is 1.76 bits per heavy atom. The minimum Gasteiger partial charge on any atom is -0.497 e. The van der Waals surface area contributed by atoms with E-state index in [-0.39, 0.29) is 0 Å². The second kappa shape index (κ2) is 8.69. The van der Waals surface area contributed by atoms with E-state index in [1.54, 1.807) is 18.9 Å². The van der Waals surface area contributed by atoms with E-state index in [4.69, 9.17) is 9.47 Å². The molecule has 0 aliphatic rings. The molecule has 5 nitrogen and oxygen atoms in total. The SMILES string of the molecule is CCOCCSc1nnc(-c2ccc(OC)cc2)n1-c1ccccc1. The van der Waals surface area contributed by atoms with E-state index < -0.39 is 0 Å². The third kappa shape index (κ3) is 4.21. The van der Waals surface area contributed by atoms with E-state index in [1.807, 2.05) is 49.4 Å². The smallest absolute Gasteiger partial charge is 0.196 e. The van der Waals surface area contributed by atoms with Gasteiger partial charge in [0.25, 0.3) is 0 Å². The molecule has 0 saturated carbocycles. The average Bonchev–Trinajstić information content (AvgIpc) is 3.10. The van der Waals surface area contributed by atoms with Crippen LogP contribution in [0.25, 0.3) is 17.1 Å². The number of methoxy groups -OCH3 is 1. The van der Waals surface area contributed by atoms with Gasteiger partial charge in [0.1, 0.15) is 5.75 Å². The molecule has 130 valence electrons. The number of aromatic nitrogens is 3. The number of hydrogen-bond acceptors (Lipinski definition) is 5. The minimum atomic E-state index is 0.695. The number of thioether (sulfide) groups is 1. The Morgan fingerprint density at radius 1 is 1.00 bits per heavy atom. The first-order valence-electron chi connectivity index (χ1n) is 8.19. The van der Waals surface area contributed by atoms with E-state index in [2.05, 4.69) is 26.9 Å². The molecule has 0 unspecified atom stereocenters. The Hall–Kier alpha value is -2.31.